The summed E-state index contributed by atoms with van der Waals surface area (Å²) in [5.74, 6) is 2.68. The van der Waals surface area contributed by atoms with Crippen molar-refractivity contribution in [2.45, 2.75) is 138 Å². The van der Waals surface area contributed by atoms with Gasteiger partial charge in [-0.1, -0.05) is 170 Å². The van der Waals surface area contributed by atoms with Crippen molar-refractivity contribution in [2.24, 2.45) is 0 Å². The summed E-state index contributed by atoms with van der Waals surface area (Å²) in [6.45, 7) is 33.3. The highest BCUT2D eigenvalue weighted by atomic mass is 31.1. The van der Waals surface area contributed by atoms with Crippen LogP contribution in [0.15, 0.2) is 72.8 Å². The first-order valence-corrected chi connectivity index (χ1v) is 19.4. The summed E-state index contributed by atoms with van der Waals surface area (Å²) >= 11 is 0. The van der Waals surface area contributed by atoms with E-state index in [9.17, 15) is 0 Å². The van der Waals surface area contributed by atoms with Gasteiger partial charge in [-0.05, 0) is 115 Å². The summed E-state index contributed by atoms with van der Waals surface area (Å²) in [4.78, 5) is 0. The van der Waals surface area contributed by atoms with E-state index in [2.05, 4.69) is 170 Å². The van der Waals surface area contributed by atoms with Crippen LogP contribution in [0.3, 0.4) is 0 Å². The topological polar surface area (TPSA) is 0 Å². The standard InChI is InChI=1S/C45H61P/c1-27(2)34-23-39(29(5)6)43(40(24-34)30(7)8)37-21-18-22-38(45(37)46(33(13)14)36-19-16-15-17-20-36)44-41(31(9)10)25-35(28(3)4)26-42(44)32(11)12/h15-33H,1-14H3. The second-order valence-corrected chi connectivity index (χ2v) is 18.3. The van der Waals surface area contributed by atoms with Crippen molar-refractivity contribution >= 4 is 18.5 Å². The SMILES string of the molecule is CC(C)c1cc(C(C)C)c(-c2cccc(-c3c(C(C)C)cc(C(C)C)cc3C(C)C)c2P(c2ccccc2)C(C)C)c(C(C)C)c1. The molecule has 1 atom stereocenters. The van der Waals surface area contributed by atoms with Gasteiger partial charge >= 0.3 is 0 Å². The largest absolute Gasteiger partial charge is 0.0622 e. The van der Waals surface area contributed by atoms with Gasteiger partial charge in [0.2, 0.25) is 0 Å². The highest BCUT2D eigenvalue weighted by Gasteiger charge is 2.30. The summed E-state index contributed by atoms with van der Waals surface area (Å²) in [5.41, 5.74) is 15.2. The van der Waals surface area contributed by atoms with Crippen LogP contribution in [-0.4, -0.2) is 5.66 Å². The van der Waals surface area contributed by atoms with E-state index in [1.807, 2.05) is 0 Å². The Morgan fingerprint density at radius 1 is 0.391 bits per heavy atom. The Balaban J connectivity index is 2.30. The second-order valence-electron chi connectivity index (χ2n) is 15.6. The summed E-state index contributed by atoms with van der Waals surface area (Å²) in [7, 11) is -0.666. The van der Waals surface area contributed by atoms with Crippen LogP contribution >= 0.6 is 7.92 Å². The number of hydrogen-bond donors (Lipinski definition) is 0. The Labute approximate surface area is 284 Å². The predicted octanol–water partition coefficient (Wildman–Crippen LogP) is 13.6. The van der Waals surface area contributed by atoms with Gasteiger partial charge in [0.1, 0.15) is 0 Å². The van der Waals surface area contributed by atoms with Gasteiger partial charge in [-0.25, -0.2) is 0 Å². The summed E-state index contributed by atoms with van der Waals surface area (Å²) in [5, 5.41) is 3.02. The minimum atomic E-state index is -0.666. The third-order valence-electron chi connectivity index (χ3n) is 9.63. The Morgan fingerprint density at radius 2 is 0.739 bits per heavy atom. The summed E-state index contributed by atoms with van der Waals surface area (Å²) in [6, 6.07) is 28.8. The maximum Gasteiger partial charge on any atom is -0.00361 e. The lowest BCUT2D eigenvalue weighted by atomic mass is 9.79. The molecule has 0 saturated heterocycles. The molecule has 0 saturated carbocycles. The van der Waals surface area contributed by atoms with Gasteiger partial charge in [0.05, 0.1) is 0 Å². The molecule has 0 spiro atoms. The molecular weight excluding hydrogens is 571 g/mol. The molecule has 0 radical (unpaired) electrons. The molecule has 0 N–H and O–H groups in total. The molecule has 0 fully saturated rings. The fourth-order valence-electron chi connectivity index (χ4n) is 7.01. The van der Waals surface area contributed by atoms with Gasteiger partial charge in [-0.15, -0.1) is 0 Å². The average molecular weight is 633 g/mol. The zero-order valence-corrected chi connectivity index (χ0v) is 32.3. The quantitative estimate of drug-likeness (QED) is 0.144. The maximum absolute atomic E-state index is 2.53. The van der Waals surface area contributed by atoms with E-state index in [1.165, 1.54) is 60.9 Å². The Hall–Kier alpha value is -2.69. The fourth-order valence-corrected chi connectivity index (χ4v) is 9.77. The van der Waals surface area contributed by atoms with E-state index >= 15 is 0 Å². The van der Waals surface area contributed by atoms with Gasteiger partial charge in [0.25, 0.3) is 0 Å². The lowest BCUT2D eigenvalue weighted by Gasteiger charge is -2.33. The van der Waals surface area contributed by atoms with Crippen molar-refractivity contribution in [2.75, 3.05) is 0 Å². The third kappa shape index (κ3) is 7.39. The van der Waals surface area contributed by atoms with Crippen molar-refractivity contribution in [1.29, 1.82) is 0 Å². The molecule has 1 unspecified atom stereocenters. The minimum Gasteiger partial charge on any atom is -0.0622 e. The monoisotopic (exact) mass is 632 g/mol. The summed E-state index contributed by atoms with van der Waals surface area (Å²) < 4.78 is 0. The van der Waals surface area contributed by atoms with Crippen molar-refractivity contribution < 1.29 is 0 Å². The molecule has 0 amide bonds. The maximum atomic E-state index is 2.53. The van der Waals surface area contributed by atoms with E-state index in [0.717, 1.165) is 0 Å². The molecule has 4 rings (SSSR count). The molecule has 0 aliphatic rings. The molecule has 4 aromatic carbocycles. The molecule has 0 heterocycles. The van der Waals surface area contributed by atoms with E-state index < -0.39 is 7.92 Å². The van der Waals surface area contributed by atoms with E-state index in [0.29, 0.717) is 41.2 Å². The van der Waals surface area contributed by atoms with Crippen LogP contribution in [0, 0.1) is 0 Å². The van der Waals surface area contributed by atoms with Crippen molar-refractivity contribution in [3.05, 3.63) is 106 Å². The van der Waals surface area contributed by atoms with Crippen LogP contribution in [0.1, 0.15) is 166 Å². The predicted molar refractivity (Wildman–Crippen MR) is 210 cm³/mol. The van der Waals surface area contributed by atoms with Gasteiger partial charge in [0, 0.05) is 0 Å². The minimum absolute atomic E-state index is 0.424. The van der Waals surface area contributed by atoms with E-state index in [4.69, 9.17) is 0 Å². The molecular formula is C45H61P. The van der Waals surface area contributed by atoms with Crippen LogP contribution in [0.5, 0.6) is 0 Å². The fraction of sp³-hybridized carbons (Fsp3) is 0.467. The molecule has 0 aliphatic carbocycles. The zero-order valence-electron chi connectivity index (χ0n) is 31.4. The van der Waals surface area contributed by atoms with E-state index in [-0.39, 0.29) is 0 Å². The molecule has 0 aliphatic heterocycles. The molecule has 246 valence electrons. The second kappa shape index (κ2) is 15.0. The first-order valence-electron chi connectivity index (χ1n) is 18.0. The van der Waals surface area contributed by atoms with Crippen LogP contribution in [-0.2, 0) is 0 Å². The number of benzene rings is 4. The highest BCUT2D eigenvalue weighted by Crippen LogP contribution is 2.50. The molecule has 0 aromatic heterocycles. The van der Waals surface area contributed by atoms with Crippen molar-refractivity contribution in [3.63, 3.8) is 0 Å². The zero-order chi connectivity index (χ0) is 34.0. The molecule has 0 nitrogen and oxygen atoms in total. The van der Waals surface area contributed by atoms with Crippen LogP contribution in [0.4, 0.5) is 0 Å². The lowest BCUT2D eigenvalue weighted by Crippen LogP contribution is -2.23. The van der Waals surface area contributed by atoms with E-state index in [1.54, 1.807) is 5.30 Å². The smallest absolute Gasteiger partial charge is 0.00361 e. The van der Waals surface area contributed by atoms with Crippen molar-refractivity contribution in [1.82, 2.24) is 0 Å². The van der Waals surface area contributed by atoms with Crippen LogP contribution in [0.2, 0.25) is 0 Å². The molecule has 46 heavy (non-hydrogen) atoms. The Kier molecular flexibility index (Phi) is 11.8. The molecule has 1 heteroatoms. The van der Waals surface area contributed by atoms with Gasteiger partial charge in [-0.2, -0.15) is 0 Å². The molecule has 4 aromatic rings. The van der Waals surface area contributed by atoms with Gasteiger partial charge < -0.3 is 0 Å². The average Bonchev–Trinajstić information content (AvgIpc) is 3.00. The first kappa shape index (κ1) is 36.2. The van der Waals surface area contributed by atoms with Crippen molar-refractivity contribution in [3.8, 4) is 22.3 Å². The lowest BCUT2D eigenvalue weighted by molar-refractivity contribution is 0.807. The number of hydrogen-bond acceptors (Lipinski definition) is 0. The van der Waals surface area contributed by atoms with Crippen LogP contribution in [0.25, 0.3) is 22.3 Å². The normalized spacial score (nSPS) is 13.0. The number of rotatable bonds is 11. The van der Waals surface area contributed by atoms with Crippen LogP contribution < -0.4 is 10.6 Å². The summed E-state index contributed by atoms with van der Waals surface area (Å²) in [6.07, 6.45) is 0. The Bertz CT molecular complexity index is 1460. The highest BCUT2D eigenvalue weighted by molar-refractivity contribution is 7.74. The Morgan fingerprint density at radius 3 is 1.02 bits per heavy atom. The van der Waals surface area contributed by atoms with Gasteiger partial charge in [0.15, 0.2) is 0 Å². The first-order chi connectivity index (χ1) is 21.6. The third-order valence-corrected chi connectivity index (χ3v) is 12.5. The molecule has 0 bridgehead atoms. The van der Waals surface area contributed by atoms with Gasteiger partial charge in [-0.3, -0.25) is 0 Å².